The van der Waals surface area contributed by atoms with E-state index in [0.29, 0.717) is 16.8 Å². The number of rotatable bonds is 4. The molecule has 21 heavy (non-hydrogen) atoms. The minimum absolute atomic E-state index is 0.0281. The fourth-order valence-corrected chi connectivity index (χ4v) is 1.70. The van der Waals surface area contributed by atoms with Crippen LogP contribution < -0.4 is 0 Å². The highest BCUT2D eigenvalue weighted by atomic mass is 16.6. The van der Waals surface area contributed by atoms with E-state index in [9.17, 15) is 20.0 Å². The fourth-order valence-electron chi connectivity index (χ4n) is 1.70. The number of phenols is 1. The maximum absolute atomic E-state index is 11.1. The lowest BCUT2D eigenvalue weighted by molar-refractivity contribution is -0.385. The van der Waals surface area contributed by atoms with Crippen LogP contribution in [0.15, 0.2) is 47.5 Å². The number of aromatic hydroxyl groups is 1. The van der Waals surface area contributed by atoms with Gasteiger partial charge in [-0.15, -0.1) is 0 Å². The van der Waals surface area contributed by atoms with Gasteiger partial charge >= 0.3 is 5.69 Å². The van der Waals surface area contributed by atoms with Crippen molar-refractivity contribution in [3.63, 3.8) is 0 Å². The minimum atomic E-state index is -0.658. The van der Waals surface area contributed by atoms with Gasteiger partial charge in [-0.3, -0.25) is 19.9 Å². The van der Waals surface area contributed by atoms with E-state index in [4.69, 9.17) is 0 Å². The number of hydrogen-bond acceptors (Lipinski definition) is 5. The van der Waals surface area contributed by atoms with Gasteiger partial charge < -0.3 is 5.11 Å². The Morgan fingerprint density at radius 2 is 1.90 bits per heavy atom. The molecule has 2 aromatic carbocycles. The predicted octanol–water partition coefficient (Wildman–Crippen LogP) is 3.25. The smallest absolute Gasteiger partial charge is 0.311 e. The molecule has 0 spiro atoms. The first-order valence-electron chi connectivity index (χ1n) is 6.10. The van der Waals surface area contributed by atoms with Crippen LogP contribution in [-0.4, -0.2) is 22.0 Å². The Kier molecular flexibility index (Phi) is 4.08. The number of Topliss-reactive ketones (excluding diaryl/α,β-unsaturated/α-hetero) is 1. The fraction of sp³-hybridized carbons (Fsp3) is 0.0667. The first-order valence-corrected chi connectivity index (χ1v) is 6.10. The molecule has 0 saturated heterocycles. The maximum atomic E-state index is 11.1. The monoisotopic (exact) mass is 284 g/mol. The van der Waals surface area contributed by atoms with Gasteiger partial charge in [0.1, 0.15) is 0 Å². The normalized spacial score (nSPS) is 10.7. The van der Waals surface area contributed by atoms with Crippen molar-refractivity contribution in [1.29, 1.82) is 0 Å². The molecule has 0 aliphatic rings. The summed E-state index contributed by atoms with van der Waals surface area (Å²) in [7, 11) is 0. The Hall–Kier alpha value is -3.02. The molecule has 0 fully saturated rings. The Morgan fingerprint density at radius 3 is 2.48 bits per heavy atom. The van der Waals surface area contributed by atoms with Crippen LogP contribution >= 0.6 is 0 Å². The van der Waals surface area contributed by atoms with Gasteiger partial charge in [-0.1, -0.05) is 0 Å². The van der Waals surface area contributed by atoms with Crippen LogP contribution in [0, 0.1) is 10.1 Å². The van der Waals surface area contributed by atoms with E-state index >= 15 is 0 Å². The van der Waals surface area contributed by atoms with Crippen LogP contribution in [-0.2, 0) is 0 Å². The van der Waals surface area contributed by atoms with Crippen molar-refractivity contribution in [2.45, 2.75) is 6.92 Å². The van der Waals surface area contributed by atoms with Gasteiger partial charge in [0.05, 0.1) is 10.6 Å². The summed E-state index contributed by atoms with van der Waals surface area (Å²) in [5, 5.41) is 20.1. The molecule has 0 heterocycles. The third-order valence-corrected chi connectivity index (χ3v) is 2.83. The zero-order valence-corrected chi connectivity index (χ0v) is 11.2. The zero-order chi connectivity index (χ0) is 15.4. The summed E-state index contributed by atoms with van der Waals surface area (Å²) in [6.07, 6.45) is 1.45. The van der Waals surface area contributed by atoms with E-state index in [1.807, 2.05) is 0 Å². The Bertz CT molecular complexity index is 721. The molecule has 1 N–H and O–H groups in total. The van der Waals surface area contributed by atoms with Crippen molar-refractivity contribution in [3.8, 4) is 5.75 Å². The van der Waals surface area contributed by atoms with Crippen molar-refractivity contribution >= 4 is 23.4 Å². The molecule has 106 valence electrons. The number of nitro groups is 1. The summed E-state index contributed by atoms with van der Waals surface area (Å²) in [5.41, 5.74) is 1.34. The molecule has 0 unspecified atom stereocenters. The summed E-state index contributed by atoms with van der Waals surface area (Å²) in [6, 6.07) is 10.7. The van der Waals surface area contributed by atoms with Crippen LogP contribution in [0.25, 0.3) is 0 Å². The first-order chi connectivity index (χ1) is 9.97. The number of carbonyl (C=O) groups excluding carboxylic acids is 1. The Morgan fingerprint density at radius 1 is 1.24 bits per heavy atom. The summed E-state index contributed by atoms with van der Waals surface area (Å²) < 4.78 is 0. The number of phenolic OH excluding ortho intramolecular Hbond substituents is 1. The number of nitrogens with zero attached hydrogens (tertiary/aromatic N) is 2. The molecule has 0 radical (unpaired) electrons. The standard InChI is InChI=1S/C15H12N2O4/c1-10(18)12-3-5-13(6-4-12)16-9-11-2-7-15(19)14(8-11)17(20)21/h2-9,19H,1H3. The van der Waals surface area contributed by atoms with E-state index in [-0.39, 0.29) is 17.2 Å². The lowest BCUT2D eigenvalue weighted by Gasteiger charge is -1.98. The maximum Gasteiger partial charge on any atom is 0.311 e. The summed E-state index contributed by atoms with van der Waals surface area (Å²) in [6.45, 7) is 1.48. The van der Waals surface area contributed by atoms with Crippen LogP contribution in [0.5, 0.6) is 5.75 Å². The van der Waals surface area contributed by atoms with Crippen molar-refractivity contribution in [2.75, 3.05) is 0 Å². The largest absolute Gasteiger partial charge is 0.502 e. The lowest BCUT2D eigenvalue weighted by Crippen LogP contribution is -1.91. The number of ketones is 1. The number of carbonyl (C=O) groups is 1. The Balaban J connectivity index is 2.23. The average Bonchev–Trinajstić information content (AvgIpc) is 2.46. The van der Waals surface area contributed by atoms with Crippen molar-refractivity contribution in [3.05, 3.63) is 63.7 Å². The molecule has 6 heteroatoms. The highest BCUT2D eigenvalue weighted by Crippen LogP contribution is 2.25. The molecule has 0 amide bonds. The summed E-state index contributed by atoms with van der Waals surface area (Å²) in [5.74, 6) is -0.414. The summed E-state index contributed by atoms with van der Waals surface area (Å²) >= 11 is 0. The molecular weight excluding hydrogens is 272 g/mol. The van der Waals surface area contributed by atoms with Gasteiger partial charge in [0.2, 0.25) is 0 Å². The molecule has 0 bridgehead atoms. The molecule has 2 rings (SSSR count). The number of hydrogen-bond donors (Lipinski definition) is 1. The Labute approximate surface area is 120 Å². The zero-order valence-electron chi connectivity index (χ0n) is 11.2. The van der Waals surface area contributed by atoms with Crippen LogP contribution in [0.2, 0.25) is 0 Å². The minimum Gasteiger partial charge on any atom is -0.502 e. The van der Waals surface area contributed by atoms with Crippen LogP contribution in [0.3, 0.4) is 0 Å². The molecule has 0 aromatic heterocycles. The van der Waals surface area contributed by atoms with Crippen molar-refractivity contribution < 1.29 is 14.8 Å². The highest BCUT2D eigenvalue weighted by Gasteiger charge is 2.12. The predicted molar refractivity (Wildman–Crippen MR) is 78.5 cm³/mol. The molecule has 0 saturated carbocycles. The lowest BCUT2D eigenvalue weighted by atomic mass is 10.1. The van der Waals surface area contributed by atoms with Gasteiger partial charge in [0, 0.05) is 17.8 Å². The number of aliphatic imine (C=N–C) groups is 1. The molecule has 6 nitrogen and oxygen atoms in total. The number of nitro benzene ring substituents is 1. The third kappa shape index (κ3) is 3.50. The van der Waals surface area contributed by atoms with Crippen molar-refractivity contribution in [2.24, 2.45) is 4.99 Å². The van der Waals surface area contributed by atoms with Crippen LogP contribution in [0.1, 0.15) is 22.8 Å². The van der Waals surface area contributed by atoms with E-state index < -0.39 is 4.92 Å². The third-order valence-electron chi connectivity index (χ3n) is 2.83. The van der Waals surface area contributed by atoms with E-state index in [1.165, 1.54) is 31.3 Å². The topological polar surface area (TPSA) is 92.8 Å². The van der Waals surface area contributed by atoms with E-state index in [2.05, 4.69) is 4.99 Å². The van der Waals surface area contributed by atoms with Gasteiger partial charge in [-0.25, -0.2) is 0 Å². The second-order valence-electron chi connectivity index (χ2n) is 4.37. The molecule has 0 aliphatic carbocycles. The quantitative estimate of drug-likeness (QED) is 0.403. The van der Waals surface area contributed by atoms with Crippen molar-refractivity contribution in [1.82, 2.24) is 0 Å². The number of benzene rings is 2. The van der Waals surface area contributed by atoms with Gasteiger partial charge in [0.15, 0.2) is 11.5 Å². The summed E-state index contributed by atoms with van der Waals surface area (Å²) in [4.78, 5) is 25.4. The van der Waals surface area contributed by atoms with E-state index in [0.717, 1.165) is 0 Å². The molecule has 2 aromatic rings. The second kappa shape index (κ2) is 5.96. The van der Waals surface area contributed by atoms with E-state index in [1.54, 1.807) is 24.3 Å². The van der Waals surface area contributed by atoms with Gasteiger partial charge in [0.25, 0.3) is 0 Å². The van der Waals surface area contributed by atoms with Crippen LogP contribution in [0.4, 0.5) is 11.4 Å². The molecule has 0 atom stereocenters. The molecule has 0 aliphatic heterocycles. The first kappa shape index (κ1) is 14.4. The second-order valence-corrected chi connectivity index (χ2v) is 4.37. The van der Waals surface area contributed by atoms with Gasteiger partial charge in [-0.2, -0.15) is 0 Å². The SMILES string of the molecule is CC(=O)c1ccc(N=Cc2ccc(O)c([N+](=O)[O-])c2)cc1. The molecular formula is C15H12N2O4. The van der Waals surface area contributed by atoms with Gasteiger partial charge in [-0.05, 0) is 48.9 Å². The highest BCUT2D eigenvalue weighted by molar-refractivity contribution is 5.94. The average molecular weight is 284 g/mol.